The molecule has 2 aromatic carbocycles. The van der Waals surface area contributed by atoms with Crippen molar-refractivity contribution in [3.63, 3.8) is 0 Å². The molecule has 1 atom stereocenters. The summed E-state index contributed by atoms with van der Waals surface area (Å²) in [6.45, 7) is 6.98. The zero-order valence-electron chi connectivity index (χ0n) is 20.3. The highest BCUT2D eigenvalue weighted by Gasteiger charge is 2.27. The van der Waals surface area contributed by atoms with Gasteiger partial charge in [0.15, 0.2) is 5.82 Å². The fraction of sp³-hybridized carbons (Fsp3) is 0.346. The standard InChI is InChI=1S/C26H30N6O3/c1-4-22(25-28-29-30-32(25)17-23(33)35-5-2)31(15-19-11-7-6-8-12-19)16-21-14-20-13-9-10-18(3)24(20)27-26(21)34/h6-14,22H,4-5,15-17H2,1-3H3,(H,27,34)/t22-/m1/s1. The predicted octanol–water partition coefficient (Wildman–Crippen LogP) is 3.54. The molecule has 0 aliphatic carbocycles. The summed E-state index contributed by atoms with van der Waals surface area (Å²) < 4.78 is 6.57. The molecular formula is C26H30N6O3. The Kier molecular flexibility index (Phi) is 7.67. The molecule has 0 saturated carbocycles. The Bertz CT molecular complexity index is 1350. The van der Waals surface area contributed by atoms with Crippen LogP contribution in [0.15, 0.2) is 59.4 Å². The van der Waals surface area contributed by atoms with Gasteiger partial charge in [-0.1, -0.05) is 55.5 Å². The number of esters is 1. The molecule has 9 heteroatoms. The van der Waals surface area contributed by atoms with Crippen LogP contribution in [0.25, 0.3) is 10.9 Å². The normalized spacial score (nSPS) is 12.2. The summed E-state index contributed by atoms with van der Waals surface area (Å²) >= 11 is 0. The van der Waals surface area contributed by atoms with Crippen LogP contribution in [0.2, 0.25) is 0 Å². The minimum atomic E-state index is -0.396. The number of para-hydroxylation sites is 1. The zero-order valence-corrected chi connectivity index (χ0v) is 20.3. The number of H-pyrrole nitrogens is 1. The van der Waals surface area contributed by atoms with Crippen molar-refractivity contribution in [1.29, 1.82) is 0 Å². The number of rotatable bonds is 10. The van der Waals surface area contributed by atoms with E-state index in [0.717, 1.165) is 22.0 Å². The summed E-state index contributed by atoms with van der Waals surface area (Å²) in [6, 6.07) is 17.7. The van der Waals surface area contributed by atoms with Crippen LogP contribution in [0, 0.1) is 6.92 Å². The first-order chi connectivity index (χ1) is 17.0. The largest absolute Gasteiger partial charge is 0.465 e. The highest BCUT2D eigenvalue weighted by molar-refractivity contribution is 5.81. The van der Waals surface area contributed by atoms with Crippen LogP contribution in [0.4, 0.5) is 0 Å². The van der Waals surface area contributed by atoms with Gasteiger partial charge in [-0.3, -0.25) is 14.5 Å². The van der Waals surface area contributed by atoms with Gasteiger partial charge in [0.05, 0.1) is 18.2 Å². The van der Waals surface area contributed by atoms with Crippen molar-refractivity contribution in [2.24, 2.45) is 0 Å². The maximum atomic E-state index is 13.1. The van der Waals surface area contributed by atoms with Crippen LogP contribution in [-0.2, 0) is 29.2 Å². The molecular weight excluding hydrogens is 444 g/mol. The Balaban J connectivity index is 1.71. The molecule has 0 aliphatic heterocycles. The van der Waals surface area contributed by atoms with E-state index in [1.54, 1.807) is 6.92 Å². The fourth-order valence-electron chi connectivity index (χ4n) is 4.35. The van der Waals surface area contributed by atoms with Gasteiger partial charge in [0.2, 0.25) is 0 Å². The van der Waals surface area contributed by atoms with E-state index in [1.807, 2.05) is 56.3 Å². The van der Waals surface area contributed by atoms with Crippen LogP contribution in [-0.4, -0.2) is 42.7 Å². The number of carbonyl (C=O) groups excluding carboxylic acids is 1. The van der Waals surface area contributed by atoms with Gasteiger partial charge in [-0.2, -0.15) is 0 Å². The van der Waals surface area contributed by atoms with Crippen molar-refractivity contribution in [2.75, 3.05) is 6.61 Å². The Morgan fingerprint density at radius 1 is 1.11 bits per heavy atom. The van der Waals surface area contributed by atoms with Crippen LogP contribution in [0.3, 0.4) is 0 Å². The number of tetrazole rings is 1. The van der Waals surface area contributed by atoms with Crippen molar-refractivity contribution >= 4 is 16.9 Å². The van der Waals surface area contributed by atoms with Crippen molar-refractivity contribution < 1.29 is 9.53 Å². The second-order valence-corrected chi connectivity index (χ2v) is 8.48. The first-order valence-corrected chi connectivity index (χ1v) is 11.8. The average Bonchev–Trinajstić information content (AvgIpc) is 3.29. The van der Waals surface area contributed by atoms with Crippen LogP contribution >= 0.6 is 0 Å². The molecule has 0 fully saturated rings. The third-order valence-corrected chi connectivity index (χ3v) is 6.04. The number of aryl methyl sites for hydroxylation is 1. The minimum Gasteiger partial charge on any atom is -0.465 e. The van der Waals surface area contributed by atoms with Gasteiger partial charge in [0.25, 0.3) is 5.56 Å². The molecule has 0 aliphatic rings. The molecule has 9 nitrogen and oxygen atoms in total. The average molecular weight is 475 g/mol. The molecule has 0 radical (unpaired) electrons. The molecule has 0 saturated heterocycles. The number of benzene rings is 2. The van der Waals surface area contributed by atoms with Gasteiger partial charge in [-0.05, 0) is 53.3 Å². The van der Waals surface area contributed by atoms with E-state index in [2.05, 4.69) is 37.5 Å². The summed E-state index contributed by atoms with van der Waals surface area (Å²) in [7, 11) is 0. The van der Waals surface area contributed by atoms with Gasteiger partial charge < -0.3 is 9.72 Å². The van der Waals surface area contributed by atoms with Gasteiger partial charge in [0.1, 0.15) is 6.54 Å². The molecule has 0 spiro atoms. The van der Waals surface area contributed by atoms with Gasteiger partial charge in [-0.25, -0.2) is 4.68 Å². The molecule has 4 rings (SSSR count). The fourth-order valence-corrected chi connectivity index (χ4v) is 4.35. The maximum Gasteiger partial charge on any atom is 0.327 e. The number of aromatic amines is 1. The SMILES string of the molecule is CCOC(=O)Cn1nnnc1[C@@H](CC)N(Cc1ccccc1)Cc1cc2cccc(C)c2[nH]c1=O. The third kappa shape index (κ3) is 5.63. The second-order valence-electron chi connectivity index (χ2n) is 8.48. The van der Waals surface area contributed by atoms with E-state index in [-0.39, 0.29) is 24.8 Å². The molecule has 0 unspecified atom stereocenters. The predicted molar refractivity (Wildman–Crippen MR) is 132 cm³/mol. The Morgan fingerprint density at radius 3 is 2.66 bits per heavy atom. The van der Waals surface area contributed by atoms with Gasteiger partial charge >= 0.3 is 5.97 Å². The quantitative estimate of drug-likeness (QED) is 0.350. The number of hydrogen-bond donors (Lipinski definition) is 1. The lowest BCUT2D eigenvalue weighted by Gasteiger charge is -2.30. The number of carbonyl (C=O) groups is 1. The monoisotopic (exact) mass is 474 g/mol. The second kappa shape index (κ2) is 11.1. The van der Waals surface area contributed by atoms with Crippen molar-refractivity contribution in [1.82, 2.24) is 30.1 Å². The van der Waals surface area contributed by atoms with E-state index in [0.29, 0.717) is 30.9 Å². The zero-order chi connectivity index (χ0) is 24.8. The number of aromatic nitrogens is 5. The number of nitrogens with one attached hydrogen (secondary N) is 1. The molecule has 182 valence electrons. The molecule has 0 amide bonds. The topological polar surface area (TPSA) is 106 Å². The molecule has 1 N–H and O–H groups in total. The van der Waals surface area contributed by atoms with E-state index in [9.17, 15) is 9.59 Å². The molecule has 4 aromatic rings. The van der Waals surface area contributed by atoms with E-state index in [4.69, 9.17) is 4.74 Å². The van der Waals surface area contributed by atoms with E-state index in [1.165, 1.54) is 4.68 Å². The number of ether oxygens (including phenoxy) is 1. The first-order valence-electron chi connectivity index (χ1n) is 11.8. The lowest BCUT2D eigenvalue weighted by atomic mass is 10.1. The summed E-state index contributed by atoms with van der Waals surface area (Å²) in [4.78, 5) is 30.4. The van der Waals surface area contributed by atoms with Crippen molar-refractivity contribution in [2.45, 2.75) is 52.9 Å². The molecule has 0 bridgehead atoms. The summed E-state index contributed by atoms with van der Waals surface area (Å²) in [5, 5.41) is 13.1. The lowest BCUT2D eigenvalue weighted by molar-refractivity contribution is -0.144. The van der Waals surface area contributed by atoms with Gasteiger partial charge in [0, 0.05) is 18.7 Å². The summed E-state index contributed by atoms with van der Waals surface area (Å²) in [5.74, 6) is 0.163. The summed E-state index contributed by atoms with van der Waals surface area (Å²) in [6.07, 6.45) is 0.681. The third-order valence-electron chi connectivity index (χ3n) is 6.04. The smallest absolute Gasteiger partial charge is 0.327 e. The van der Waals surface area contributed by atoms with Crippen LogP contribution < -0.4 is 5.56 Å². The Morgan fingerprint density at radius 2 is 1.91 bits per heavy atom. The maximum absolute atomic E-state index is 13.1. The number of pyridine rings is 1. The Hall–Kier alpha value is -3.85. The summed E-state index contributed by atoms with van der Waals surface area (Å²) in [5.41, 5.74) is 3.51. The van der Waals surface area contributed by atoms with Gasteiger partial charge in [-0.15, -0.1) is 5.10 Å². The van der Waals surface area contributed by atoms with Crippen molar-refractivity contribution in [3.05, 3.63) is 87.5 Å². The number of nitrogens with zero attached hydrogens (tertiary/aromatic N) is 5. The van der Waals surface area contributed by atoms with Crippen LogP contribution in [0.1, 0.15) is 48.8 Å². The minimum absolute atomic E-state index is 0.0678. The van der Waals surface area contributed by atoms with E-state index >= 15 is 0 Å². The Labute approximate surface area is 203 Å². The van der Waals surface area contributed by atoms with Crippen molar-refractivity contribution in [3.8, 4) is 0 Å². The van der Waals surface area contributed by atoms with Crippen LogP contribution in [0.5, 0.6) is 0 Å². The highest BCUT2D eigenvalue weighted by atomic mass is 16.5. The molecule has 35 heavy (non-hydrogen) atoms. The molecule has 2 aromatic heterocycles. The number of fused-ring (bicyclic) bond motifs is 1. The highest BCUT2D eigenvalue weighted by Crippen LogP contribution is 2.26. The number of hydrogen-bond acceptors (Lipinski definition) is 7. The van der Waals surface area contributed by atoms with E-state index < -0.39 is 5.97 Å². The molecule has 2 heterocycles. The lowest BCUT2D eigenvalue weighted by Crippen LogP contribution is -2.33. The first kappa shape index (κ1) is 24.3.